The number of amides is 4. The molecule has 0 spiro atoms. The van der Waals surface area contributed by atoms with Crippen LogP contribution in [0.15, 0.2) is 42.0 Å². The molecule has 0 aromatic heterocycles. The molecule has 0 radical (unpaired) electrons. The van der Waals surface area contributed by atoms with Crippen LogP contribution < -0.4 is 9.47 Å². The molecule has 4 amide bonds. The Hall–Kier alpha value is -4.81. The molecule has 2 aromatic carbocycles. The number of barbiturate groups is 1. The number of non-ortho nitro benzene ring substituents is 1. The van der Waals surface area contributed by atoms with E-state index < -0.39 is 39.1 Å². The van der Waals surface area contributed by atoms with Gasteiger partial charge in [-0.05, 0) is 29.8 Å². The summed E-state index contributed by atoms with van der Waals surface area (Å²) in [5.41, 5.74) is -0.989. The molecule has 0 aliphatic carbocycles. The molecule has 1 saturated heterocycles. The summed E-state index contributed by atoms with van der Waals surface area (Å²) >= 11 is 0. The number of nitro benzene ring substituents is 2. The average Bonchev–Trinajstić information content (AvgIpc) is 2.79. The summed E-state index contributed by atoms with van der Waals surface area (Å²) in [4.78, 5) is 58.8. The minimum absolute atomic E-state index is 0.0438. The van der Waals surface area contributed by atoms with Gasteiger partial charge in [-0.1, -0.05) is 6.07 Å². The van der Waals surface area contributed by atoms with Crippen molar-refractivity contribution in [1.82, 2.24) is 9.80 Å². The van der Waals surface area contributed by atoms with E-state index in [4.69, 9.17) is 9.47 Å². The second kappa shape index (κ2) is 8.74. The van der Waals surface area contributed by atoms with E-state index in [-0.39, 0.29) is 22.8 Å². The normalized spacial score (nSPS) is 13.8. The van der Waals surface area contributed by atoms with E-state index in [1.54, 1.807) is 0 Å². The topological polar surface area (TPSA) is 162 Å². The SMILES string of the molecule is COc1cc(C=C2C(=O)N(C)C(=O)N(C)C2=O)ccc1Oc1ccc([N+](=O)[O-])cc1[N+](=O)[O-]. The molecule has 1 heterocycles. The van der Waals surface area contributed by atoms with Gasteiger partial charge in [0.25, 0.3) is 17.5 Å². The van der Waals surface area contributed by atoms with Gasteiger partial charge in [0.15, 0.2) is 11.5 Å². The number of rotatable bonds is 6. The first-order chi connectivity index (χ1) is 15.5. The Bertz CT molecular complexity index is 1210. The van der Waals surface area contributed by atoms with Crippen molar-refractivity contribution in [3.63, 3.8) is 0 Å². The van der Waals surface area contributed by atoms with E-state index in [0.29, 0.717) is 5.56 Å². The smallest absolute Gasteiger partial charge is 0.333 e. The van der Waals surface area contributed by atoms with Crippen molar-refractivity contribution in [3.8, 4) is 17.2 Å². The zero-order valence-electron chi connectivity index (χ0n) is 17.5. The van der Waals surface area contributed by atoms with Gasteiger partial charge >= 0.3 is 11.7 Å². The molecule has 0 bridgehead atoms. The van der Waals surface area contributed by atoms with Crippen LogP contribution in [0.25, 0.3) is 6.08 Å². The summed E-state index contributed by atoms with van der Waals surface area (Å²) in [5, 5.41) is 22.2. The van der Waals surface area contributed by atoms with Gasteiger partial charge in [-0.2, -0.15) is 0 Å². The highest BCUT2D eigenvalue weighted by molar-refractivity contribution is 6.30. The number of imide groups is 2. The van der Waals surface area contributed by atoms with Gasteiger partial charge in [-0.3, -0.25) is 39.6 Å². The molecule has 0 unspecified atom stereocenters. The number of nitrogens with zero attached hydrogens (tertiary/aromatic N) is 4. The molecule has 33 heavy (non-hydrogen) atoms. The van der Waals surface area contributed by atoms with Crippen molar-refractivity contribution in [1.29, 1.82) is 0 Å². The average molecular weight is 456 g/mol. The number of hydrogen-bond donors (Lipinski definition) is 0. The van der Waals surface area contributed by atoms with Crippen LogP contribution in [-0.4, -0.2) is 58.7 Å². The quantitative estimate of drug-likeness (QED) is 0.275. The first-order valence-corrected chi connectivity index (χ1v) is 9.15. The summed E-state index contributed by atoms with van der Waals surface area (Å²) in [6.07, 6.45) is 1.27. The molecule has 0 saturated carbocycles. The van der Waals surface area contributed by atoms with Gasteiger partial charge in [0.05, 0.1) is 23.0 Å². The van der Waals surface area contributed by atoms with Crippen molar-refractivity contribution in [3.05, 3.63) is 67.8 Å². The lowest BCUT2D eigenvalue weighted by Gasteiger charge is -2.28. The summed E-state index contributed by atoms with van der Waals surface area (Å²) < 4.78 is 10.8. The second-order valence-corrected chi connectivity index (χ2v) is 6.75. The second-order valence-electron chi connectivity index (χ2n) is 6.75. The Morgan fingerprint density at radius 2 is 1.45 bits per heavy atom. The van der Waals surface area contributed by atoms with Gasteiger partial charge in [0, 0.05) is 20.2 Å². The highest BCUT2D eigenvalue weighted by atomic mass is 16.6. The third-order valence-corrected chi connectivity index (χ3v) is 4.71. The highest BCUT2D eigenvalue weighted by Gasteiger charge is 2.37. The van der Waals surface area contributed by atoms with E-state index >= 15 is 0 Å². The Labute approximate surface area is 185 Å². The van der Waals surface area contributed by atoms with Gasteiger partial charge in [0.2, 0.25) is 5.75 Å². The Kier molecular flexibility index (Phi) is 6.06. The molecule has 170 valence electrons. The van der Waals surface area contributed by atoms with Gasteiger partial charge in [0.1, 0.15) is 5.57 Å². The number of likely N-dealkylation sites (N-methyl/N-ethyl adjacent to an activating group) is 2. The largest absolute Gasteiger partial charge is 0.493 e. The van der Waals surface area contributed by atoms with Gasteiger partial charge < -0.3 is 9.47 Å². The van der Waals surface area contributed by atoms with Crippen LogP contribution >= 0.6 is 0 Å². The number of urea groups is 1. The van der Waals surface area contributed by atoms with Crippen LogP contribution in [-0.2, 0) is 9.59 Å². The number of methoxy groups -OCH3 is 1. The molecule has 1 aliphatic rings. The molecule has 3 rings (SSSR count). The van der Waals surface area contributed by atoms with Gasteiger partial charge in [-0.25, -0.2) is 4.79 Å². The van der Waals surface area contributed by atoms with Crippen molar-refractivity contribution < 1.29 is 33.7 Å². The first kappa shape index (κ1) is 22.9. The standard InChI is InChI=1S/C20H16N4O9/c1-21-18(25)13(19(26)22(2)20(21)27)8-11-4-6-16(17(9-11)32-3)33-15-7-5-12(23(28)29)10-14(15)24(30)31/h4-10H,1-3H3. The minimum atomic E-state index is -0.817. The Balaban J connectivity index is 1.97. The Morgan fingerprint density at radius 1 is 0.848 bits per heavy atom. The lowest BCUT2D eigenvalue weighted by atomic mass is 10.1. The molecule has 0 N–H and O–H groups in total. The van der Waals surface area contributed by atoms with E-state index in [9.17, 15) is 34.6 Å². The van der Waals surface area contributed by atoms with Crippen LogP contribution in [0.2, 0.25) is 0 Å². The van der Waals surface area contributed by atoms with Crippen LogP contribution in [0.4, 0.5) is 16.2 Å². The molecular weight excluding hydrogens is 440 g/mol. The van der Waals surface area contributed by atoms with Crippen molar-refractivity contribution in [2.75, 3.05) is 21.2 Å². The number of ether oxygens (including phenoxy) is 2. The monoisotopic (exact) mass is 456 g/mol. The molecule has 13 nitrogen and oxygen atoms in total. The number of nitro groups is 2. The van der Waals surface area contributed by atoms with Crippen LogP contribution in [0.1, 0.15) is 5.56 Å². The Morgan fingerprint density at radius 3 is 2.00 bits per heavy atom. The van der Waals surface area contributed by atoms with Gasteiger partial charge in [-0.15, -0.1) is 0 Å². The predicted octanol–water partition coefficient (Wildman–Crippen LogP) is 2.74. The summed E-state index contributed by atoms with van der Waals surface area (Å²) in [5.74, 6) is -1.66. The fourth-order valence-corrected chi connectivity index (χ4v) is 2.97. The first-order valence-electron chi connectivity index (χ1n) is 9.15. The number of hydrogen-bond acceptors (Lipinski definition) is 9. The lowest BCUT2D eigenvalue weighted by molar-refractivity contribution is -0.394. The summed E-state index contributed by atoms with van der Waals surface area (Å²) in [6.45, 7) is 0. The van der Waals surface area contributed by atoms with Crippen molar-refractivity contribution in [2.24, 2.45) is 0 Å². The molecule has 1 fully saturated rings. The van der Waals surface area contributed by atoms with Crippen LogP contribution in [0.5, 0.6) is 17.2 Å². The van der Waals surface area contributed by atoms with Crippen LogP contribution in [0.3, 0.4) is 0 Å². The maximum atomic E-state index is 12.4. The maximum absolute atomic E-state index is 12.4. The molecular formula is C20H16N4O9. The molecule has 1 aliphatic heterocycles. The summed E-state index contributed by atoms with van der Waals surface area (Å²) in [6, 6.07) is 6.42. The lowest BCUT2D eigenvalue weighted by Crippen LogP contribution is -2.52. The third-order valence-electron chi connectivity index (χ3n) is 4.71. The van der Waals surface area contributed by atoms with E-state index in [0.717, 1.165) is 28.0 Å². The summed E-state index contributed by atoms with van der Waals surface area (Å²) in [7, 11) is 3.80. The zero-order chi connectivity index (χ0) is 24.4. The maximum Gasteiger partial charge on any atom is 0.333 e. The molecule has 2 aromatic rings. The van der Waals surface area contributed by atoms with E-state index in [2.05, 4.69) is 0 Å². The zero-order valence-corrected chi connectivity index (χ0v) is 17.5. The van der Waals surface area contributed by atoms with Crippen LogP contribution in [0, 0.1) is 20.2 Å². The third kappa shape index (κ3) is 4.32. The fourth-order valence-electron chi connectivity index (χ4n) is 2.97. The molecule has 13 heteroatoms. The van der Waals surface area contributed by atoms with E-state index in [1.165, 1.54) is 45.5 Å². The number of carbonyl (C=O) groups excluding carboxylic acids is 3. The van der Waals surface area contributed by atoms with Crippen molar-refractivity contribution in [2.45, 2.75) is 0 Å². The molecule has 0 atom stereocenters. The highest BCUT2D eigenvalue weighted by Crippen LogP contribution is 2.38. The number of benzene rings is 2. The number of carbonyl (C=O) groups is 3. The van der Waals surface area contributed by atoms with E-state index in [1.807, 2.05) is 0 Å². The predicted molar refractivity (Wildman–Crippen MR) is 112 cm³/mol. The fraction of sp³-hybridized carbons (Fsp3) is 0.150. The van der Waals surface area contributed by atoms with Crippen molar-refractivity contribution >= 4 is 35.3 Å². The minimum Gasteiger partial charge on any atom is -0.493 e.